The molecule has 0 saturated carbocycles. The van der Waals surface area contributed by atoms with Gasteiger partial charge in [0.05, 0.1) is 0 Å². The Balaban J connectivity index is 1.84. The van der Waals surface area contributed by atoms with E-state index in [0.717, 1.165) is 11.3 Å². The molecule has 1 aromatic rings. The van der Waals surface area contributed by atoms with Crippen molar-refractivity contribution in [1.29, 1.82) is 0 Å². The zero-order valence-electron chi connectivity index (χ0n) is 11.6. The summed E-state index contributed by atoms with van der Waals surface area (Å²) in [6.07, 6.45) is 8.79. The number of hydrogen-bond acceptors (Lipinski definition) is 0. The second kappa shape index (κ2) is 5.60. The predicted molar refractivity (Wildman–Crippen MR) is 85.8 cm³/mol. The third-order valence-electron chi connectivity index (χ3n) is 4.72. The van der Waals surface area contributed by atoms with Crippen LogP contribution in [0.3, 0.4) is 0 Å². The van der Waals surface area contributed by atoms with E-state index in [4.69, 9.17) is 0 Å². The largest absolute Gasteiger partial charge is 0.102 e. The van der Waals surface area contributed by atoms with Crippen molar-refractivity contribution in [3.8, 4) is 0 Å². The Morgan fingerprint density at radius 1 is 0.889 bits per heavy atom. The summed E-state index contributed by atoms with van der Waals surface area (Å²) in [5, 5.41) is 0. The average Bonchev–Trinajstić information content (AvgIpc) is 2.98. The van der Waals surface area contributed by atoms with Crippen LogP contribution in [0.2, 0.25) is 0 Å². The van der Waals surface area contributed by atoms with Gasteiger partial charge in [-0.05, 0) is 62.5 Å². The van der Waals surface area contributed by atoms with Crippen LogP contribution in [0.4, 0.5) is 0 Å². The lowest BCUT2D eigenvalue weighted by Gasteiger charge is -2.21. The van der Waals surface area contributed by atoms with E-state index >= 15 is 0 Å². The molecule has 1 aromatic carbocycles. The molecule has 2 heteroatoms. The van der Waals surface area contributed by atoms with Gasteiger partial charge < -0.3 is 0 Å². The summed E-state index contributed by atoms with van der Waals surface area (Å²) in [6.45, 7) is 5.00. The lowest BCUT2D eigenvalue weighted by atomic mass is 10.0. The van der Waals surface area contributed by atoms with Crippen molar-refractivity contribution in [3.05, 3.63) is 35.4 Å². The Morgan fingerprint density at radius 3 is 1.78 bits per heavy atom. The summed E-state index contributed by atoms with van der Waals surface area (Å²) in [4.78, 5) is 0. The quantitative estimate of drug-likeness (QED) is 0.619. The Morgan fingerprint density at radius 2 is 1.39 bits per heavy atom. The lowest BCUT2D eigenvalue weighted by Crippen LogP contribution is -1.96. The zero-order chi connectivity index (χ0) is 12.5. The van der Waals surface area contributed by atoms with Crippen molar-refractivity contribution in [2.45, 2.75) is 37.0 Å². The molecule has 0 unspecified atom stereocenters. The van der Waals surface area contributed by atoms with Crippen LogP contribution in [-0.4, -0.2) is 25.7 Å². The monoisotopic (exact) mass is 278 g/mol. The van der Waals surface area contributed by atoms with Gasteiger partial charge in [0.15, 0.2) is 0 Å². The second-order valence-electron chi connectivity index (χ2n) is 5.95. The summed E-state index contributed by atoms with van der Waals surface area (Å²) in [5.74, 6) is 0. The SMILES string of the molecule is C[P@@]1CCC[C@@H]1c1cccc([C@H]2CCC[P@]2C)c1. The molecule has 0 N–H and O–H groups in total. The Labute approximate surface area is 114 Å². The molecule has 0 radical (unpaired) electrons. The van der Waals surface area contributed by atoms with Crippen LogP contribution >= 0.6 is 15.8 Å². The second-order valence-corrected chi connectivity index (χ2v) is 11.1. The van der Waals surface area contributed by atoms with Crippen molar-refractivity contribution in [3.63, 3.8) is 0 Å². The van der Waals surface area contributed by atoms with Gasteiger partial charge in [-0.15, -0.1) is 15.8 Å². The van der Waals surface area contributed by atoms with Crippen molar-refractivity contribution >= 4 is 15.8 Å². The molecule has 0 nitrogen and oxygen atoms in total. The summed E-state index contributed by atoms with van der Waals surface area (Å²) in [5.41, 5.74) is 5.14. The van der Waals surface area contributed by atoms with E-state index < -0.39 is 0 Å². The number of benzene rings is 1. The van der Waals surface area contributed by atoms with E-state index in [1.807, 2.05) is 0 Å². The number of hydrogen-bond donors (Lipinski definition) is 0. The van der Waals surface area contributed by atoms with Crippen molar-refractivity contribution in [2.24, 2.45) is 0 Å². The first kappa shape index (κ1) is 13.1. The molecule has 18 heavy (non-hydrogen) atoms. The molecule has 2 aliphatic rings. The van der Waals surface area contributed by atoms with Gasteiger partial charge in [-0.3, -0.25) is 0 Å². The molecular weight excluding hydrogens is 254 g/mol. The molecule has 4 atom stereocenters. The molecule has 2 heterocycles. The molecule has 2 saturated heterocycles. The van der Waals surface area contributed by atoms with Crippen LogP contribution in [-0.2, 0) is 0 Å². The van der Waals surface area contributed by atoms with E-state index in [1.54, 1.807) is 11.1 Å². The highest BCUT2D eigenvalue weighted by atomic mass is 31.1. The smallest absolute Gasteiger partial charge is 0.00395 e. The summed E-state index contributed by atoms with van der Waals surface area (Å²) >= 11 is 0. The first-order valence-corrected chi connectivity index (χ1v) is 11.3. The van der Waals surface area contributed by atoms with E-state index in [1.165, 1.54) is 38.0 Å². The van der Waals surface area contributed by atoms with E-state index in [9.17, 15) is 0 Å². The zero-order valence-corrected chi connectivity index (χ0v) is 13.4. The van der Waals surface area contributed by atoms with Gasteiger partial charge in [0, 0.05) is 11.3 Å². The third kappa shape index (κ3) is 2.52. The third-order valence-corrected chi connectivity index (χ3v) is 10.0. The van der Waals surface area contributed by atoms with Crippen LogP contribution < -0.4 is 0 Å². The van der Waals surface area contributed by atoms with E-state index in [-0.39, 0.29) is 15.8 Å². The van der Waals surface area contributed by atoms with Gasteiger partial charge in [-0.2, -0.15) is 0 Å². The Hall–Kier alpha value is 0.0800. The maximum absolute atomic E-state index is 2.57. The summed E-state index contributed by atoms with van der Waals surface area (Å²) in [7, 11) is 0.530. The van der Waals surface area contributed by atoms with Crippen molar-refractivity contribution < 1.29 is 0 Å². The molecule has 0 aliphatic carbocycles. The van der Waals surface area contributed by atoms with Gasteiger partial charge in [-0.1, -0.05) is 24.3 Å². The number of rotatable bonds is 2. The van der Waals surface area contributed by atoms with Crippen LogP contribution in [0.5, 0.6) is 0 Å². The van der Waals surface area contributed by atoms with Crippen LogP contribution in [0.15, 0.2) is 24.3 Å². The molecular formula is C16H24P2. The van der Waals surface area contributed by atoms with E-state index in [0.29, 0.717) is 0 Å². The van der Waals surface area contributed by atoms with Crippen molar-refractivity contribution in [2.75, 3.05) is 25.7 Å². The minimum atomic E-state index is 0.265. The van der Waals surface area contributed by atoms with Gasteiger partial charge >= 0.3 is 0 Å². The van der Waals surface area contributed by atoms with Crippen LogP contribution in [0, 0.1) is 0 Å². The maximum atomic E-state index is 2.57. The van der Waals surface area contributed by atoms with E-state index in [2.05, 4.69) is 37.6 Å². The average molecular weight is 278 g/mol. The highest BCUT2D eigenvalue weighted by Crippen LogP contribution is 2.59. The molecule has 2 fully saturated rings. The fourth-order valence-electron chi connectivity index (χ4n) is 3.64. The minimum absolute atomic E-state index is 0.265. The highest BCUT2D eigenvalue weighted by Gasteiger charge is 2.27. The first-order chi connectivity index (χ1) is 8.75. The van der Waals surface area contributed by atoms with Gasteiger partial charge in [0.1, 0.15) is 0 Å². The molecule has 0 spiro atoms. The first-order valence-electron chi connectivity index (χ1n) is 7.26. The van der Waals surface area contributed by atoms with Crippen LogP contribution in [0.25, 0.3) is 0 Å². The fourth-order valence-corrected chi connectivity index (χ4v) is 8.21. The molecule has 0 aromatic heterocycles. The van der Waals surface area contributed by atoms with Gasteiger partial charge in [0.25, 0.3) is 0 Å². The van der Waals surface area contributed by atoms with Gasteiger partial charge in [0.2, 0.25) is 0 Å². The normalized spacial score (nSPS) is 36.1. The minimum Gasteiger partial charge on any atom is -0.102 e. The molecule has 2 aliphatic heterocycles. The topological polar surface area (TPSA) is 0 Å². The standard InChI is InChI=1S/C16H24P2/c1-17-10-4-8-15(17)13-6-3-7-14(12-13)16-9-5-11-18(16)2/h3,6-7,12,15-16H,4-5,8-11H2,1-2H3/t15-,16-,17+,18+/m1/s1. The Kier molecular flexibility index (Phi) is 4.07. The van der Waals surface area contributed by atoms with Crippen LogP contribution in [0.1, 0.15) is 48.1 Å². The fraction of sp³-hybridized carbons (Fsp3) is 0.625. The van der Waals surface area contributed by atoms with Gasteiger partial charge in [-0.25, -0.2) is 0 Å². The molecule has 3 rings (SSSR count). The molecule has 98 valence electrons. The summed E-state index contributed by atoms with van der Waals surface area (Å²) in [6, 6.07) is 9.69. The Bertz CT molecular complexity index is 380. The maximum Gasteiger partial charge on any atom is 0.00395 e. The van der Waals surface area contributed by atoms with Crippen molar-refractivity contribution in [1.82, 2.24) is 0 Å². The summed E-state index contributed by atoms with van der Waals surface area (Å²) < 4.78 is 0. The predicted octanol–water partition coefficient (Wildman–Crippen LogP) is 5.58. The molecule has 0 amide bonds. The highest BCUT2D eigenvalue weighted by molar-refractivity contribution is 7.57. The lowest BCUT2D eigenvalue weighted by molar-refractivity contribution is 0.809. The molecule has 0 bridgehead atoms.